The predicted octanol–water partition coefficient (Wildman–Crippen LogP) is -0.952. The predicted molar refractivity (Wildman–Crippen MR) is 60.1 cm³/mol. The van der Waals surface area contributed by atoms with Crippen molar-refractivity contribution in [2.45, 2.75) is 6.92 Å². The normalized spacial score (nSPS) is 18.6. The fourth-order valence-corrected chi connectivity index (χ4v) is 1.51. The van der Waals surface area contributed by atoms with Gasteiger partial charge in [-0.3, -0.25) is 15.2 Å². The van der Waals surface area contributed by atoms with Gasteiger partial charge in [-0.25, -0.2) is 5.01 Å². The molecule has 2 rings (SSSR count). The van der Waals surface area contributed by atoms with Gasteiger partial charge in [0.1, 0.15) is 5.69 Å². The number of nitrogens with one attached hydrogen (secondary N) is 2. The van der Waals surface area contributed by atoms with Crippen LogP contribution in [0.3, 0.4) is 0 Å². The van der Waals surface area contributed by atoms with E-state index in [1.807, 2.05) is 5.01 Å². The highest BCUT2D eigenvalue weighted by molar-refractivity contribution is 5.19. The third kappa shape index (κ3) is 2.56. The average Bonchev–Trinajstić information content (AvgIpc) is 2.27. The Balaban J connectivity index is 1.99. The molecule has 0 spiro atoms. The molecular weight excluding hydrogens is 208 g/mol. The molecule has 1 aromatic rings. The molecule has 88 valence electrons. The zero-order chi connectivity index (χ0) is 11.5. The molecule has 16 heavy (non-hydrogen) atoms. The van der Waals surface area contributed by atoms with Crippen LogP contribution < -0.4 is 11.0 Å². The first-order valence-corrected chi connectivity index (χ1v) is 5.29. The van der Waals surface area contributed by atoms with Crippen LogP contribution in [-0.2, 0) is 0 Å². The molecule has 1 saturated heterocycles. The van der Waals surface area contributed by atoms with Crippen LogP contribution in [0.2, 0.25) is 0 Å². The molecule has 0 bridgehead atoms. The first-order chi connectivity index (χ1) is 7.65. The smallest absolute Gasteiger partial charge is 0.274 e. The minimum Gasteiger partial charge on any atom is -0.304 e. The summed E-state index contributed by atoms with van der Waals surface area (Å²) in [4.78, 5) is 16.2. The topological polar surface area (TPSA) is 77.2 Å². The monoisotopic (exact) mass is 224 g/mol. The Labute approximate surface area is 93.4 Å². The summed E-state index contributed by atoms with van der Waals surface area (Å²) in [7, 11) is 2.09. The van der Waals surface area contributed by atoms with E-state index >= 15 is 0 Å². The largest absolute Gasteiger partial charge is 0.304 e. The summed E-state index contributed by atoms with van der Waals surface area (Å²) in [6, 6.07) is 0. The molecule has 0 aromatic carbocycles. The number of hydrazine groups is 1. The molecule has 1 fully saturated rings. The number of aromatic nitrogens is 3. The Bertz CT molecular complexity index is 409. The third-order valence-electron chi connectivity index (χ3n) is 2.63. The quantitative estimate of drug-likeness (QED) is 0.674. The Kier molecular flexibility index (Phi) is 3.16. The first-order valence-electron chi connectivity index (χ1n) is 5.29. The molecule has 0 amide bonds. The van der Waals surface area contributed by atoms with Gasteiger partial charge < -0.3 is 4.90 Å². The molecule has 1 aliphatic rings. The Hall–Kier alpha value is -1.47. The lowest BCUT2D eigenvalue weighted by molar-refractivity contribution is 0.178. The molecule has 0 radical (unpaired) electrons. The van der Waals surface area contributed by atoms with E-state index in [9.17, 15) is 4.79 Å². The highest BCUT2D eigenvalue weighted by Crippen LogP contribution is 2.00. The van der Waals surface area contributed by atoms with Gasteiger partial charge in [-0.1, -0.05) is 0 Å². The Morgan fingerprint density at radius 3 is 2.56 bits per heavy atom. The standard InChI is InChI=1S/C9H16N6O/c1-7-8(16)10-9(12-11-7)13-15-5-3-14(2)4-6-15/h3-6H2,1-2H3,(H2,10,12,13,16). The van der Waals surface area contributed by atoms with Crippen LogP contribution in [0, 0.1) is 6.92 Å². The van der Waals surface area contributed by atoms with Crippen LogP contribution in [-0.4, -0.2) is 58.3 Å². The lowest BCUT2D eigenvalue weighted by Gasteiger charge is -2.32. The highest BCUT2D eigenvalue weighted by Gasteiger charge is 2.14. The van der Waals surface area contributed by atoms with E-state index in [2.05, 4.69) is 32.6 Å². The fourth-order valence-electron chi connectivity index (χ4n) is 1.51. The van der Waals surface area contributed by atoms with Gasteiger partial charge in [0.05, 0.1) is 0 Å². The maximum atomic E-state index is 11.3. The fraction of sp³-hybridized carbons (Fsp3) is 0.667. The molecule has 2 heterocycles. The van der Waals surface area contributed by atoms with Crippen molar-refractivity contribution in [1.82, 2.24) is 25.1 Å². The second-order valence-corrected chi connectivity index (χ2v) is 3.99. The number of anilines is 1. The van der Waals surface area contributed by atoms with E-state index < -0.39 is 0 Å². The number of aryl methyl sites for hydroxylation is 1. The second kappa shape index (κ2) is 4.58. The van der Waals surface area contributed by atoms with Crippen molar-refractivity contribution in [3.63, 3.8) is 0 Å². The van der Waals surface area contributed by atoms with Crippen molar-refractivity contribution in [2.75, 3.05) is 38.7 Å². The summed E-state index contributed by atoms with van der Waals surface area (Å²) in [6.45, 7) is 5.42. The zero-order valence-electron chi connectivity index (χ0n) is 9.53. The lowest BCUT2D eigenvalue weighted by Crippen LogP contribution is -2.47. The summed E-state index contributed by atoms with van der Waals surface area (Å²) in [5.41, 5.74) is 3.22. The van der Waals surface area contributed by atoms with Gasteiger partial charge in [0.15, 0.2) is 0 Å². The summed E-state index contributed by atoms with van der Waals surface area (Å²) >= 11 is 0. The van der Waals surface area contributed by atoms with Gasteiger partial charge in [0.2, 0.25) is 5.95 Å². The average molecular weight is 224 g/mol. The summed E-state index contributed by atoms with van der Waals surface area (Å²) < 4.78 is 0. The van der Waals surface area contributed by atoms with Gasteiger partial charge >= 0.3 is 0 Å². The number of hydrogen-bond donors (Lipinski definition) is 2. The lowest BCUT2D eigenvalue weighted by atomic mass is 10.4. The van der Waals surface area contributed by atoms with E-state index in [0.29, 0.717) is 11.6 Å². The van der Waals surface area contributed by atoms with Crippen LogP contribution in [0.5, 0.6) is 0 Å². The number of likely N-dealkylation sites (N-methyl/N-ethyl adjacent to an activating group) is 1. The molecular formula is C9H16N6O. The third-order valence-corrected chi connectivity index (χ3v) is 2.63. The second-order valence-electron chi connectivity index (χ2n) is 3.99. The van der Waals surface area contributed by atoms with E-state index in [-0.39, 0.29) is 5.56 Å². The van der Waals surface area contributed by atoms with Crippen molar-refractivity contribution < 1.29 is 0 Å². The number of rotatable bonds is 2. The molecule has 0 atom stereocenters. The molecule has 1 aromatic heterocycles. The summed E-state index contributed by atoms with van der Waals surface area (Å²) in [6.07, 6.45) is 0. The number of nitrogens with zero attached hydrogens (tertiary/aromatic N) is 4. The minimum atomic E-state index is -0.202. The van der Waals surface area contributed by atoms with Gasteiger partial charge in [0, 0.05) is 26.2 Å². The van der Waals surface area contributed by atoms with Crippen LogP contribution in [0.1, 0.15) is 5.69 Å². The van der Waals surface area contributed by atoms with E-state index in [4.69, 9.17) is 0 Å². The molecule has 0 unspecified atom stereocenters. The molecule has 2 N–H and O–H groups in total. The number of aromatic amines is 1. The van der Waals surface area contributed by atoms with Crippen LogP contribution >= 0.6 is 0 Å². The Morgan fingerprint density at radius 2 is 1.94 bits per heavy atom. The van der Waals surface area contributed by atoms with Crippen molar-refractivity contribution in [2.24, 2.45) is 0 Å². The van der Waals surface area contributed by atoms with Crippen molar-refractivity contribution >= 4 is 5.95 Å². The van der Waals surface area contributed by atoms with E-state index in [1.54, 1.807) is 6.92 Å². The van der Waals surface area contributed by atoms with Crippen molar-refractivity contribution in [3.05, 3.63) is 16.0 Å². The number of hydrogen-bond acceptors (Lipinski definition) is 6. The summed E-state index contributed by atoms with van der Waals surface area (Å²) in [5.74, 6) is 0.403. The van der Waals surface area contributed by atoms with E-state index in [1.165, 1.54) is 0 Å². The van der Waals surface area contributed by atoms with Gasteiger partial charge in [0.25, 0.3) is 5.56 Å². The van der Waals surface area contributed by atoms with Gasteiger partial charge in [-0.2, -0.15) is 0 Å². The SMILES string of the molecule is Cc1nnc(NN2CCN(C)CC2)[nH]c1=O. The Morgan fingerprint density at radius 1 is 1.25 bits per heavy atom. The molecule has 1 aliphatic heterocycles. The van der Waals surface area contributed by atoms with Crippen LogP contribution in [0.15, 0.2) is 4.79 Å². The number of piperazine rings is 1. The highest BCUT2D eigenvalue weighted by atomic mass is 16.1. The maximum Gasteiger partial charge on any atom is 0.274 e. The first kappa shape index (κ1) is 11.0. The molecule has 7 heteroatoms. The van der Waals surface area contributed by atoms with Crippen LogP contribution in [0.4, 0.5) is 5.95 Å². The van der Waals surface area contributed by atoms with E-state index in [0.717, 1.165) is 26.2 Å². The zero-order valence-corrected chi connectivity index (χ0v) is 9.53. The van der Waals surface area contributed by atoms with Crippen molar-refractivity contribution in [3.8, 4) is 0 Å². The van der Waals surface area contributed by atoms with Gasteiger partial charge in [-0.05, 0) is 14.0 Å². The molecule has 0 saturated carbocycles. The maximum absolute atomic E-state index is 11.3. The number of H-pyrrole nitrogens is 1. The van der Waals surface area contributed by atoms with Crippen LogP contribution in [0.25, 0.3) is 0 Å². The van der Waals surface area contributed by atoms with Crippen molar-refractivity contribution in [1.29, 1.82) is 0 Å². The molecule has 0 aliphatic carbocycles. The summed E-state index contributed by atoms with van der Waals surface area (Å²) in [5, 5.41) is 9.67. The minimum absolute atomic E-state index is 0.202. The van der Waals surface area contributed by atoms with Gasteiger partial charge in [-0.15, -0.1) is 10.2 Å². The molecule has 7 nitrogen and oxygen atoms in total.